The SMILES string of the molecule is O=C(NCCc1ccc(Cl)s1)NCC(O)c1ccsc1. The van der Waals surface area contributed by atoms with Gasteiger partial charge in [-0.3, -0.25) is 0 Å². The monoisotopic (exact) mass is 330 g/mol. The minimum absolute atomic E-state index is 0.202. The summed E-state index contributed by atoms with van der Waals surface area (Å²) in [5.74, 6) is 0. The minimum Gasteiger partial charge on any atom is -0.387 e. The number of thiophene rings is 2. The summed E-state index contributed by atoms with van der Waals surface area (Å²) >= 11 is 8.86. The van der Waals surface area contributed by atoms with Gasteiger partial charge in [0.05, 0.1) is 10.4 Å². The van der Waals surface area contributed by atoms with Crippen LogP contribution >= 0.6 is 34.3 Å². The first-order valence-corrected chi connectivity index (χ1v) is 8.25. The summed E-state index contributed by atoms with van der Waals surface area (Å²) in [6, 6.07) is 5.36. The van der Waals surface area contributed by atoms with Crippen LogP contribution in [0.1, 0.15) is 16.5 Å². The number of aliphatic hydroxyl groups is 1. The first-order chi connectivity index (χ1) is 9.65. The van der Waals surface area contributed by atoms with Gasteiger partial charge in [0, 0.05) is 18.0 Å². The maximum absolute atomic E-state index is 11.6. The molecule has 0 bridgehead atoms. The summed E-state index contributed by atoms with van der Waals surface area (Å²) in [7, 11) is 0. The quantitative estimate of drug-likeness (QED) is 0.762. The summed E-state index contributed by atoms with van der Waals surface area (Å²) in [5.41, 5.74) is 0.823. The molecule has 0 aromatic carbocycles. The number of carbonyl (C=O) groups excluding carboxylic acids is 1. The number of nitrogens with one attached hydrogen (secondary N) is 2. The third-order valence-electron chi connectivity index (χ3n) is 2.67. The van der Waals surface area contributed by atoms with E-state index in [1.807, 2.05) is 29.0 Å². The highest BCUT2D eigenvalue weighted by atomic mass is 35.5. The molecule has 4 nitrogen and oxygen atoms in total. The molecular weight excluding hydrogens is 316 g/mol. The molecular formula is C13H15ClN2O2S2. The van der Waals surface area contributed by atoms with Crippen LogP contribution < -0.4 is 10.6 Å². The van der Waals surface area contributed by atoms with Crippen LogP contribution in [0.5, 0.6) is 0 Å². The zero-order valence-electron chi connectivity index (χ0n) is 10.6. The molecule has 0 saturated heterocycles. The van der Waals surface area contributed by atoms with Gasteiger partial charge in [-0.15, -0.1) is 11.3 Å². The summed E-state index contributed by atoms with van der Waals surface area (Å²) in [4.78, 5) is 12.7. The van der Waals surface area contributed by atoms with E-state index in [-0.39, 0.29) is 12.6 Å². The molecule has 1 atom stereocenters. The van der Waals surface area contributed by atoms with Crippen molar-refractivity contribution in [2.24, 2.45) is 0 Å². The van der Waals surface area contributed by atoms with Gasteiger partial charge in [-0.25, -0.2) is 4.79 Å². The van der Waals surface area contributed by atoms with Gasteiger partial charge in [-0.1, -0.05) is 11.6 Å². The van der Waals surface area contributed by atoms with Gasteiger partial charge in [-0.2, -0.15) is 11.3 Å². The Morgan fingerprint density at radius 3 is 2.85 bits per heavy atom. The molecule has 3 N–H and O–H groups in total. The zero-order chi connectivity index (χ0) is 14.4. The lowest BCUT2D eigenvalue weighted by Crippen LogP contribution is -2.38. The Morgan fingerprint density at radius 1 is 1.35 bits per heavy atom. The third-order valence-corrected chi connectivity index (χ3v) is 4.66. The van der Waals surface area contributed by atoms with Crippen molar-refractivity contribution in [1.29, 1.82) is 0 Å². The van der Waals surface area contributed by atoms with E-state index in [9.17, 15) is 9.90 Å². The number of hydrogen-bond donors (Lipinski definition) is 3. The predicted molar refractivity (Wildman–Crippen MR) is 83.7 cm³/mol. The Morgan fingerprint density at radius 2 is 2.20 bits per heavy atom. The van der Waals surface area contributed by atoms with Crippen LogP contribution in [-0.2, 0) is 6.42 Å². The van der Waals surface area contributed by atoms with E-state index >= 15 is 0 Å². The van der Waals surface area contributed by atoms with Gasteiger partial charge in [-0.05, 0) is 40.9 Å². The molecule has 1 unspecified atom stereocenters. The summed E-state index contributed by atoms with van der Waals surface area (Å²) < 4.78 is 0.753. The second-order valence-electron chi connectivity index (χ2n) is 4.17. The molecule has 0 aliphatic rings. The molecule has 2 aromatic rings. The van der Waals surface area contributed by atoms with Crippen LogP contribution in [0.25, 0.3) is 0 Å². The van der Waals surface area contributed by atoms with E-state index in [1.54, 1.807) is 0 Å². The fourth-order valence-electron chi connectivity index (χ4n) is 1.62. The van der Waals surface area contributed by atoms with E-state index in [2.05, 4.69) is 10.6 Å². The first kappa shape index (κ1) is 15.3. The van der Waals surface area contributed by atoms with Crippen molar-refractivity contribution in [3.63, 3.8) is 0 Å². The molecule has 2 rings (SSSR count). The van der Waals surface area contributed by atoms with Crippen molar-refractivity contribution < 1.29 is 9.90 Å². The van der Waals surface area contributed by atoms with E-state index in [0.29, 0.717) is 6.54 Å². The van der Waals surface area contributed by atoms with Gasteiger partial charge < -0.3 is 15.7 Å². The number of urea groups is 1. The summed E-state index contributed by atoms with van der Waals surface area (Å²) in [6.07, 6.45) is 0.0841. The molecule has 2 amide bonds. The van der Waals surface area contributed by atoms with Crippen LogP contribution in [-0.4, -0.2) is 24.2 Å². The molecule has 20 heavy (non-hydrogen) atoms. The van der Waals surface area contributed by atoms with Gasteiger partial charge in [0.1, 0.15) is 0 Å². The predicted octanol–water partition coefficient (Wildman–Crippen LogP) is 3.04. The highest BCUT2D eigenvalue weighted by molar-refractivity contribution is 7.16. The maximum atomic E-state index is 11.6. The number of halogens is 1. The smallest absolute Gasteiger partial charge is 0.314 e. The molecule has 7 heteroatoms. The van der Waals surface area contributed by atoms with Gasteiger partial charge in [0.15, 0.2) is 0 Å². The van der Waals surface area contributed by atoms with Crippen LogP contribution in [0.2, 0.25) is 4.34 Å². The van der Waals surface area contributed by atoms with Crippen molar-refractivity contribution in [3.05, 3.63) is 43.7 Å². The average Bonchev–Trinajstić information content (AvgIpc) is 3.07. The first-order valence-electron chi connectivity index (χ1n) is 6.11. The van der Waals surface area contributed by atoms with Gasteiger partial charge in [0.25, 0.3) is 0 Å². The Bertz CT molecular complexity index is 542. The van der Waals surface area contributed by atoms with Crippen LogP contribution in [0.15, 0.2) is 29.0 Å². The van der Waals surface area contributed by atoms with Crippen molar-refractivity contribution in [1.82, 2.24) is 10.6 Å². The largest absolute Gasteiger partial charge is 0.387 e. The minimum atomic E-state index is -0.664. The van der Waals surface area contributed by atoms with E-state index in [1.165, 1.54) is 22.7 Å². The van der Waals surface area contributed by atoms with Crippen molar-refractivity contribution >= 4 is 40.3 Å². The lowest BCUT2D eigenvalue weighted by molar-refractivity contribution is 0.173. The topological polar surface area (TPSA) is 61.4 Å². The van der Waals surface area contributed by atoms with Crippen molar-refractivity contribution in [2.45, 2.75) is 12.5 Å². The van der Waals surface area contributed by atoms with E-state index < -0.39 is 6.10 Å². The Kier molecular flexibility index (Phi) is 5.85. The molecule has 0 radical (unpaired) electrons. The molecule has 0 saturated carbocycles. The highest BCUT2D eigenvalue weighted by Crippen LogP contribution is 2.21. The lowest BCUT2D eigenvalue weighted by atomic mass is 10.2. The zero-order valence-corrected chi connectivity index (χ0v) is 13.0. The highest BCUT2D eigenvalue weighted by Gasteiger charge is 2.09. The summed E-state index contributed by atoms with van der Waals surface area (Å²) in [5, 5.41) is 19.0. The second-order valence-corrected chi connectivity index (χ2v) is 6.74. The van der Waals surface area contributed by atoms with Crippen molar-refractivity contribution in [2.75, 3.05) is 13.1 Å². The number of amides is 2. The van der Waals surface area contributed by atoms with E-state index in [0.717, 1.165) is 21.2 Å². The second kappa shape index (κ2) is 7.64. The fourth-order valence-corrected chi connectivity index (χ4v) is 3.41. The lowest BCUT2D eigenvalue weighted by Gasteiger charge is -2.11. The third kappa shape index (κ3) is 4.79. The normalized spacial score (nSPS) is 12.1. The molecule has 2 heterocycles. The standard InChI is InChI=1S/C13H15ClN2O2S2/c14-12-2-1-10(20-12)3-5-15-13(18)16-7-11(17)9-4-6-19-8-9/h1-2,4,6,8,11,17H,3,5,7H2,(H2,15,16,18). The number of hydrogen-bond acceptors (Lipinski definition) is 4. The van der Waals surface area contributed by atoms with Crippen LogP contribution in [0, 0.1) is 0 Å². The Labute approximate surface area is 130 Å². The van der Waals surface area contributed by atoms with Crippen LogP contribution in [0.3, 0.4) is 0 Å². The molecule has 0 aliphatic carbocycles. The Hall–Kier alpha value is -1.08. The molecule has 0 aliphatic heterocycles. The number of carbonyl (C=O) groups is 1. The van der Waals surface area contributed by atoms with Gasteiger partial charge >= 0.3 is 6.03 Å². The number of rotatable bonds is 6. The average molecular weight is 331 g/mol. The van der Waals surface area contributed by atoms with Crippen LogP contribution in [0.4, 0.5) is 4.79 Å². The Balaban J connectivity index is 1.63. The fraction of sp³-hybridized carbons (Fsp3) is 0.308. The molecule has 0 fully saturated rings. The van der Waals surface area contributed by atoms with Gasteiger partial charge in [0.2, 0.25) is 0 Å². The van der Waals surface area contributed by atoms with E-state index in [4.69, 9.17) is 11.6 Å². The summed E-state index contributed by atoms with van der Waals surface area (Å²) in [6.45, 7) is 0.741. The maximum Gasteiger partial charge on any atom is 0.314 e. The molecule has 108 valence electrons. The van der Waals surface area contributed by atoms with Crippen molar-refractivity contribution in [3.8, 4) is 0 Å². The number of aliphatic hydroxyl groups excluding tert-OH is 1. The molecule has 0 spiro atoms. The molecule has 2 aromatic heterocycles.